The highest BCUT2D eigenvalue weighted by Crippen LogP contribution is 2.23. The van der Waals surface area contributed by atoms with E-state index in [0.717, 1.165) is 4.47 Å². The highest BCUT2D eigenvalue weighted by molar-refractivity contribution is 9.10. The van der Waals surface area contributed by atoms with Gasteiger partial charge in [-0.05, 0) is 29.8 Å². The molecule has 0 heterocycles. The van der Waals surface area contributed by atoms with E-state index in [4.69, 9.17) is 5.73 Å². The summed E-state index contributed by atoms with van der Waals surface area (Å²) in [5.41, 5.74) is 6.29. The third-order valence-corrected chi connectivity index (χ3v) is 3.19. The number of primary amides is 1. The fourth-order valence-electron chi connectivity index (χ4n) is 1.71. The van der Waals surface area contributed by atoms with Crippen LogP contribution in [0.4, 0.5) is 10.1 Å². The maximum absolute atomic E-state index is 13.6. The van der Waals surface area contributed by atoms with Gasteiger partial charge in [-0.2, -0.15) is 0 Å². The highest BCUT2D eigenvalue weighted by Gasteiger charge is 2.18. The summed E-state index contributed by atoms with van der Waals surface area (Å²) in [5, 5.41) is 2.82. The van der Waals surface area contributed by atoms with E-state index in [9.17, 15) is 9.18 Å². The van der Waals surface area contributed by atoms with E-state index in [-0.39, 0.29) is 5.69 Å². The zero-order valence-corrected chi connectivity index (χ0v) is 11.5. The lowest BCUT2D eigenvalue weighted by Gasteiger charge is -2.17. The molecule has 3 N–H and O–H groups in total. The standard InChI is InChI=1S/C14H12BrFN2O/c15-10-7-5-9(6-8-10)13(14(17)19)18-12-4-2-1-3-11(12)16/h1-8,13,18H,(H2,17,19). The van der Waals surface area contributed by atoms with E-state index < -0.39 is 17.8 Å². The first-order valence-corrected chi connectivity index (χ1v) is 6.43. The quantitative estimate of drug-likeness (QED) is 0.908. The summed E-state index contributed by atoms with van der Waals surface area (Å²) in [7, 11) is 0. The maximum atomic E-state index is 13.6. The molecule has 0 bridgehead atoms. The Balaban J connectivity index is 2.29. The van der Waals surface area contributed by atoms with Crippen molar-refractivity contribution in [2.45, 2.75) is 6.04 Å². The third kappa shape index (κ3) is 3.32. The molecule has 1 atom stereocenters. The molecule has 0 aliphatic rings. The molecule has 3 nitrogen and oxygen atoms in total. The van der Waals surface area contributed by atoms with Gasteiger partial charge >= 0.3 is 0 Å². The summed E-state index contributed by atoms with van der Waals surface area (Å²) in [6.45, 7) is 0. The molecule has 0 aliphatic heterocycles. The molecule has 98 valence electrons. The minimum absolute atomic E-state index is 0.245. The van der Waals surface area contributed by atoms with Crippen molar-refractivity contribution in [2.24, 2.45) is 5.73 Å². The van der Waals surface area contributed by atoms with Crippen molar-refractivity contribution in [3.63, 3.8) is 0 Å². The van der Waals surface area contributed by atoms with Gasteiger partial charge in [-0.25, -0.2) is 4.39 Å². The molecule has 0 saturated carbocycles. The van der Waals surface area contributed by atoms with Gasteiger partial charge in [0, 0.05) is 4.47 Å². The summed E-state index contributed by atoms with van der Waals surface area (Å²) >= 11 is 3.31. The number of nitrogens with one attached hydrogen (secondary N) is 1. The number of halogens is 2. The van der Waals surface area contributed by atoms with Crippen molar-refractivity contribution in [2.75, 3.05) is 5.32 Å². The number of carbonyl (C=O) groups is 1. The first kappa shape index (κ1) is 13.5. The molecule has 5 heteroatoms. The fourth-order valence-corrected chi connectivity index (χ4v) is 1.97. The number of rotatable bonds is 4. The van der Waals surface area contributed by atoms with E-state index in [0.29, 0.717) is 5.56 Å². The van der Waals surface area contributed by atoms with Crippen molar-refractivity contribution < 1.29 is 9.18 Å². The van der Waals surface area contributed by atoms with Crippen molar-refractivity contribution in [1.29, 1.82) is 0 Å². The Morgan fingerprint density at radius 2 is 1.79 bits per heavy atom. The molecular formula is C14H12BrFN2O. The van der Waals surface area contributed by atoms with Crippen LogP contribution in [-0.4, -0.2) is 5.91 Å². The largest absolute Gasteiger partial charge is 0.368 e. The molecule has 0 fully saturated rings. The average Bonchev–Trinajstić information content (AvgIpc) is 2.39. The number of para-hydroxylation sites is 1. The summed E-state index contributed by atoms with van der Waals surface area (Å²) in [6, 6.07) is 12.5. The van der Waals surface area contributed by atoms with Crippen LogP contribution in [0.1, 0.15) is 11.6 Å². The van der Waals surface area contributed by atoms with Crippen LogP contribution in [0.15, 0.2) is 53.0 Å². The minimum atomic E-state index is -0.773. The predicted octanol–water partition coefficient (Wildman–Crippen LogP) is 3.23. The molecule has 0 aliphatic carbocycles. The van der Waals surface area contributed by atoms with Gasteiger partial charge in [0.05, 0.1) is 5.69 Å². The van der Waals surface area contributed by atoms with Crippen molar-refractivity contribution in [3.8, 4) is 0 Å². The Bertz CT molecular complexity index is 586. The minimum Gasteiger partial charge on any atom is -0.368 e. The summed E-state index contributed by atoms with van der Waals surface area (Å²) < 4.78 is 14.5. The molecule has 1 unspecified atom stereocenters. The van der Waals surface area contributed by atoms with E-state index in [2.05, 4.69) is 21.2 Å². The molecule has 1 amide bonds. The molecular weight excluding hydrogens is 311 g/mol. The van der Waals surface area contributed by atoms with Crippen LogP contribution in [0.3, 0.4) is 0 Å². The Labute approximate surface area is 118 Å². The molecule has 0 saturated heterocycles. The van der Waals surface area contributed by atoms with Gasteiger partial charge in [0.1, 0.15) is 11.9 Å². The molecule has 0 aromatic heterocycles. The Hall–Kier alpha value is -1.88. The number of nitrogens with two attached hydrogens (primary N) is 1. The van der Waals surface area contributed by atoms with Crippen LogP contribution in [0, 0.1) is 5.82 Å². The van der Waals surface area contributed by atoms with Gasteiger partial charge < -0.3 is 11.1 Å². The second-order valence-corrected chi connectivity index (χ2v) is 4.93. The maximum Gasteiger partial charge on any atom is 0.244 e. The Kier molecular flexibility index (Phi) is 4.16. The highest BCUT2D eigenvalue weighted by atomic mass is 79.9. The van der Waals surface area contributed by atoms with Gasteiger partial charge in [0.15, 0.2) is 0 Å². The van der Waals surface area contributed by atoms with E-state index in [1.807, 2.05) is 0 Å². The van der Waals surface area contributed by atoms with E-state index in [1.165, 1.54) is 6.07 Å². The number of amides is 1. The summed E-state index contributed by atoms with van der Waals surface area (Å²) in [5.74, 6) is -0.989. The van der Waals surface area contributed by atoms with Gasteiger partial charge in [-0.15, -0.1) is 0 Å². The molecule has 19 heavy (non-hydrogen) atoms. The van der Waals surface area contributed by atoms with E-state index >= 15 is 0 Å². The lowest BCUT2D eigenvalue weighted by Crippen LogP contribution is -2.28. The van der Waals surface area contributed by atoms with Crippen molar-refractivity contribution >= 4 is 27.5 Å². The predicted molar refractivity (Wildman–Crippen MR) is 76.1 cm³/mol. The lowest BCUT2D eigenvalue weighted by atomic mass is 10.1. The van der Waals surface area contributed by atoms with Crippen LogP contribution >= 0.6 is 15.9 Å². The molecule has 0 radical (unpaired) electrons. The molecule has 2 aromatic carbocycles. The van der Waals surface area contributed by atoms with Crippen LogP contribution in [-0.2, 0) is 4.79 Å². The Morgan fingerprint density at radius 1 is 1.16 bits per heavy atom. The van der Waals surface area contributed by atoms with Crippen LogP contribution in [0.5, 0.6) is 0 Å². The fraction of sp³-hybridized carbons (Fsp3) is 0.0714. The normalized spacial score (nSPS) is 11.9. The van der Waals surface area contributed by atoms with Gasteiger partial charge in [0.25, 0.3) is 0 Å². The lowest BCUT2D eigenvalue weighted by molar-refractivity contribution is -0.118. The monoisotopic (exact) mass is 322 g/mol. The third-order valence-electron chi connectivity index (χ3n) is 2.66. The second kappa shape index (κ2) is 5.84. The van der Waals surface area contributed by atoms with Crippen molar-refractivity contribution in [1.82, 2.24) is 0 Å². The number of benzene rings is 2. The molecule has 0 spiro atoms. The van der Waals surface area contributed by atoms with Crippen molar-refractivity contribution in [3.05, 3.63) is 64.4 Å². The Morgan fingerprint density at radius 3 is 2.37 bits per heavy atom. The average molecular weight is 323 g/mol. The van der Waals surface area contributed by atoms with Gasteiger partial charge in [-0.1, -0.05) is 40.2 Å². The smallest absolute Gasteiger partial charge is 0.244 e. The first-order valence-electron chi connectivity index (χ1n) is 5.64. The molecule has 2 rings (SSSR count). The summed E-state index contributed by atoms with van der Waals surface area (Å²) in [4.78, 5) is 11.5. The SMILES string of the molecule is NC(=O)C(Nc1ccccc1F)c1ccc(Br)cc1. The summed E-state index contributed by atoms with van der Waals surface area (Å²) in [6.07, 6.45) is 0. The number of carbonyl (C=O) groups excluding carboxylic acids is 1. The van der Waals surface area contributed by atoms with Gasteiger partial charge in [-0.3, -0.25) is 4.79 Å². The van der Waals surface area contributed by atoms with Crippen LogP contribution in [0.25, 0.3) is 0 Å². The number of hydrogen-bond acceptors (Lipinski definition) is 2. The van der Waals surface area contributed by atoms with E-state index in [1.54, 1.807) is 42.5 Å². The zero-order chi connectivity index (χ0) is 13.8. The first-order chi connectivity index (χ1) is 9.08. The van der Waals surface area contributed by atoms with Crippen LogP contribution in [0.2, 0.25) is 0 Å². The number of hydrogen-bond donors (Lipinski definition) is 2. The molecule has 2 aromatic rings. The van der Waals surface area contributed by atoms with Gasteiger partial charge in [0.2, 0.25) is 5.91 Å². The number of anilines is 1. The van der Waals surface area contributed by atoms with Crippen LogP contribution < -0.4 is 11.1 Å². The second-order valence-electron chi connectivity index (χ2n) is 4.01. The topological polar surface area (TPSA) is 55.1 Å². The zero-order valence-electron chi connectivity index (χ0n) is 9.94.